The summed E-state index contributed by atoms with van der Waals surface area (Å²) in [5.74, 6) is 1.61. The van der Waals surface area contributed by atoms with Crippen molar-refractivity contribution in [2.75, 3.05) is 37.7 Å². The number of pyridine rings is 1. The van der Waals surface area contributed by atoms with Crippen LogP contribution in [0.3, 0.4) is 0 Å². The summed E-state index contributed by atoms with van der Waals surface area (Å²) in [6.45, 7) is 7.30. The highest BCUT2D eigenvalue weighted by atomic mass is 16.5. The Balaban J connectivity index is 1.55. The van der Waals surface area contributed by atoms with E-state index in [1.807, 2.05) is 11.0 Å². The van der Waals surface area contributed by atoms with Crippen molar-refractivity contribution < 1.29 is 14.3 Å². The zero-order chi connectivity index (χ0) is 16.4. The number of aromatic nitrogens is 1. The molecule has 2 aliphatic rings. The summed E-state index contributed by atoms with van der Waals surface area (Å²) in [6, 6.07) is 3.58. The van der Waals surface area contributed by atoms with Crippen molar-refractivity contribution in [3.63, 3.8) is 0 Å². The lowest BCUT2D eigenvalue weighted by molar-refractivity contribution is -0.133. The van der Waals surface area contributed by atoms with Crippen LogP contribution in [0.2, 0.25) is 0 Å². The van der Waals surface area contributed by atoms with Crippen LogP contribution < -0.4 is 4.90 Å². The molecule has 0 N–H and O–H groups in total. The summed E-state index contributed by atoms with van der Waals surface area (Å²) in [6.07, 6.45) is 2.59. The van der Waals surface area contributed by atoms with Crippen molar-refractivity contribution in [2.45, 2.75) is 20.3 Å². The van der Waals surface area contributed by atoms with E-state index in [0.717, 1.165) is 38.4 Å². The number of amides is 1. The molecule has 1 saturated carbocycles. The number of esters is 1. The number of piperazine rings is 1. The van der Waals surface area contributed by atoms with Crippen LogP contribution in [0.5, 0.6) is 0 Å². The van der Waals surface area contributed by atoms with Crippen LogP contribution in [0.15, 0.2) is 18.3 Å². The Morgan fingerprint density at radius 2 is 1.96 bits per heavy atom. The van der Waals surface area contributed by atoms with Crippen molar-refractivity contribution in [1.82, 2.24) is 9.88 Å². The normalized spacial score (nSPS) is 23.6. The molecule has 2 heterocycles. The van der Waals surface area contributed by atoms with E-state index in [-0.39, 0.29) is 11.9 Å². The SMILES string of the molecule is CCOC(=O)c1ccc(N2CCN(C(=O)[C@H]3C[C@H]3C)CC2)nc1. The summed E-state index contributed by atoms with van der Waals surface area (Å²) < 4.78 is 4.95. The quantitative estimate of drug-likeness (QED) is 0.789. The van der Waals surface area contributed by atoms with Crippen molar-refractivity contribution in [2.24, 2.45) is 11.8 Å². The number of rotatable bonds is 4. The third-order valence-corrected chi connectivity index (χ3v) is 4.60. The molecular formula is C17H23N3O3. The van der Waals surface area contributed by atoms with Gasteiger partial charge >= 0.3 is 5.97 Å². The molecule has 23 heavy (non-hydrogen) atoms. The molecule has 1 aromatic heterocycles. The van der Waals surface area contributed by atoms with Gasteiger partial charge in [-0.15, -0.1) is 0 Å². The van der Waals surface area contributed by atoms with Crippen LogP contribution in [-0.2, 0) is 9.53 Å². The van der Waals surface area contributed by atoms with E-state index in [4.69, 9.17) is 4.74 Å². The first-order chi connectivity index (χ1) is 11.1. The standard InChI is InChI=1S/C17H23N3O3/c1-3-23-17(22)13-4-5-15(18-11-13)19-6-8-20(9-7-19)16(21)14-10-12(14)2/h4-5,11-12,14H,3,6-10H2,1-2H3/t12-,14+/m1/s1. The van der Waals surface area contributed by atoms with Crippen LogP contribution in [-0.4, -0.2) is 54.5 Å². The van der Waals surface area contributed by atoms with Gasteiger partial charge in [-0.3, -0.25) is 4.79 Å². The summed E-state index contributed by atoms with van der Waals surface area (Å²) in [5, 5.41) is 0. The molecule has 0 spiro atoms. The molecule has 6 nitrogen and oxygen atoms in total. The van der Waals surface area contributed by atoms with E-state index in [0.29, 0.717) is 24.0 Å². The second-order valence-electron chi connectivity index (χ2n) is 6.26. The number of carbonyl (C=O) groups is 2. The van der Waals surface area contributed by atoms with Gasteiger partial charge < -0.3 is 14.5 Å². The van der Waals surface area contributed by atoms with Crippen molar-refractivity contribution >= 4 is 17.7 Å². The maximum absolute atomic E-state index is 12.2. The van der Waals surface area contributed by atoms with E-state index < -0.39 is 0 Å². The molecule has 1 aliphatic carbocycles. The van der Waals surface area contributed by atoms with Gasteiger partial charge in [-0.25, -0.2) is 9.78 Å². The topological polar surface area (TPSA) is 62.7 Å². The minimum atomic E-state index is -0.347. The fourth-order valence-electron chi connectivity index (χ4n) is 2.96. The highest BCUT2D eigenvalue weighted by molar-refractivity contribution is 5.89. The number of nitrogens with zero attached hydrogens (tertiary/aromatic N) is 3. The molecule has 3 rings (SSSR count). The van der Waals surface area contributed by atoms with Crippen molar-refractivity contribution in [1.29, 1.82) is 0 Å². The van der Waals surface area contributed by atoms with Crippen LogP contribution in [0, 0.1) is 11.8 Å². The van der Waals surface area contributed by atoms with Gasteiger partial charge in [0.2, 0.25) is 5.91 Å². The zero-order valence-corrected chi connectivity index (χ0v) is 13.7. The molecule has 0 bridgehead atoms. The Bertz CT molecular complexity index is 579. The summed E-state index contributed by atoms with van der Waals surface area (Å²) in [5.41, 5.74) is 0.465. The highest BCUT2D eigenvalue weighted by Crippen LogP contribution is 2.39. The molecule has 124 valence electrons. The van der Waals surface area contributed by atoms with Gasteiger partial charge in [0.15, 0.2) is 0 Å². The van der Waals surface area contributed by atoms with Gasteiger partial charge in [-0.2, -0.15) is 0 Å². The minimum Gasteiger partial charge on any atom is -0.462 e. The Morgan fingerprint density at radius 3 is 2.48 bits per heavy atom. The van der Waals surface area contributed by atoms with Crippen LogP contribution in [0.25, 0.3) is 0 Å². The molecule has 1 amide bonds. The fourth-order valence-corrected chi connectivity index (χ4v) is 2.96. The zero-order valence-electron chi connectivity index (χ0n) is 13.7. The molecule has 6 heteroatoms. The largest absolute Gasteiger partial charge is 0.462 e. The second-order valence-corrected chi connectivity index (χ2v) is 6.26. The average molecular weight is 317 g/mol. The van der Waals surface area contributed by atoms with Gasteiger partial charge in [-0.1, -0.05) is 6.92 Å². The first-order valence-electron chi connectivity index (χ1n) is 8.27. The van der Waals surface area contributed by atoms with Gasteiger partial charge in [-0.05, 0) is 31.4 Å². The van der Waals surface area contributed by atoms with Crippen LogP contribution >= 0.6 is 0 Å². The fraction of sp³-hybridized carbons (Fsp3) is 0.588. The van der Waals surface area contributed by atoms with Crippen molar-refractivity contribution in [3.8, 4) is 0 Å². The maximum atomic E-state index is 12.2. The molecule has 1 aromatic rings. The predicted molar refractivity (Wildman–Crippen MR) is 86.3 cm³/mol. The van der Waals surface area contributed by atoms with E-state index in [9.17, 15) is 9.59 Å². The number of hydrogen-bond donors (Lipinski definition) is 0. The predicted octanol–water partition coefficient (Wildman–Crippen LogP) is 1.56. The molecule has 0 aromatic carbocycles. The first-order valence-corrected chi connectivity index (χ1v) is 8.27. The van der Waals surface area contributed by atoms with Gasteiger partial charge in [0.1, 0.15) is 5.82 Å². The molecular weight excluding hydrogens is 294 g/mol. The lowest BCUT2D eigenvalue weighted by Gasteiger charge is -2.35. The van der Waals surface area contributed by atoms with Gasteiger partial charge in [0.25, 0.3) is 0 Å². The summed E-state index contributed by atoms with van der Waals surface area (Å²) in [7, 11) is 0. The first kappa shape index (κ1) is 15.8. The Hall–Kier alpha value is -2.11. The monoisotopic (exact) mass is 317 g/mol. The van der Waals surface area contributed by atoms with Crippen LogP contribution in [0.1, 0.15) is 30.6 Å². The highest BCUT2D eigenvalue weighted by Gasteiger charge is 2.41. The minimum absolute atomic E-state index is 0.253. The summed E-state index contributed by atoms with van der Waals surface area (Å²) in [4.78, 5) is 32.3. The molecule has 1 saturated heterocycles. The molecule has 2 fully saturated rings. The average Bonchev–Trinajstić information content (AvgIpc) is 3.31. The number of hydrogen-bond acceptors (Lipinski definition) is 5. The van der Waals surface area contributed by atoms with E-state index in [2.05, 4.69) is 16.8 Å². The lowest BCUT2D eigenvalue weighted by Crippen LogP contribution is -2.49. The Kier molecular flexibility index (Phi) is 4.50. The maximum Gasteiger partial charge on any atom is 0.339 e. The van der Waals surface area contributed by atoms with E-state index in [1.54, 1.807) is 19.2 Å². The lowest BCUT2D eigenvalue weighted by atomic mass is 10.2. The van der Waals surface area contributed by atoms with Gasteiger partial charge in [0.05, 0.1) is 12.2 Å². The second kappa shape index (κ2) is 6.56. The molecule has 2 atom stereocenters. The molecule has 0 radical (unpaired) electrons. The van der Waals surface area contributed by atoms with Gasteiger partial charge in [0, 0.05) is 38.3 Å². The van der Waals surface area contributed by atoms with E-state index >= 15 is 0 Å². The Labute approximate surface area is 136 Å². The molecule has 0 unspecified atom stereocenters. The molecule has 1 aliphatic heterocycles. The summed E-state index contributed by atoms with van der Waals surface area (Å²) >= 11 is 0. The van der Waals surface area contributed by atoms with E-state index in [1.165, 1.54) is 0 Å². The van der Waals surface area contributed by atoms with Crippen molar-refractivity contribution in [3.05, 3.63) is 23.9 Å². The smallest absolute Gasteiger partial charge is 0.339 e. The number of anilines is 1. The third-order valence-electron chi connectivity index (χ3n) is 4.60. The third kappa shape index (κ3) is 3.46. The number of ether oxygens (including phenoxy) is 1. The number of carbonyl (C=O) groups excluding carboxylic acids is 2. The Morgan fingerprint density at radius 1 is 1.26 bits per heavy atom. The van der Waals surface area contributed by atoms with Crippen LogP contribution in [0.4, 0.5) is 5.82 Å².